The number of hydrogen-bond donors (Lipinski definition) is 1. The molecule has 0 radical (unpaired) electrons. The molecule has 6 nitrogen and oxygen atoms in total. The predicted molar refractivity (Wildman–Crippen MR) is 85.3 cm³/mol. The number of carbonyl (C=O) groups excluding carboxylic acids is 1. The van der Waals surface area contributed by atoms with Crippen LogP contribution in [0.25, 0.3) is 0 Å². The monoisotopic (exact) mass is 332 g/mol. The standard InChI is InChI=1S/C15H28N2O4S/c1-11(2)22(20,21)12(3)15(19)17-9-7-16(8-10-17)13-5-4-6-14(13)18/h11-14,18H,4-10H2,1-3H3/t12-,13+,14+/m1/s1. The molecule has 22 heavy (non-hydrogen) atoms. The molecule has 2 fully saturated rings. The van der Waals surface area contributed by atoms with Crippen molar-refractivity contribution in [2.45, 2.75) is 62.7 Å². The number of sulfone groups is 1. The number of carbonyl (C=O) groups is 1. The summed E-state index contributed by atoms with van der Waals surface area (Å²) in [6.07, 6.45) is 2.65. The zero-order chi connectivity index (χ0) is 16.5. The van der Waals surface area contributed by atoms with Gasteiger partial charge in [-0.05, 0) is 40.0 Å². The SMILES string of the molecule is CC(C)S(=O)(=O)[C@H](C)C(=O)N1CCN([C@H]2CCC[C@@H]2O)CC1. The number of hydrogen-bond acceptors (Lipinski definition) is 5. The maximum atomic E-state index is 12.4. The largest absolute Gasteiger partial charge is 0.391 e. The second-order valence-electron chi connectivity index (χ2n) is 6.71. The molecule has 1 aliphatic carbocycles. The van der Waals surface area contributed by atoms with Crippen LogP contribution in [0.2, 0.25) is 0 Å². The molecule has 1 aliphatic heterocycles. The Kier molecular flexibility index (Phi) is 5.50. The molecule has 7 heteroatoms. The molecule has 0 aromatic rings. The summed E-state index contributed by atoms with van der Waals surface area (Å²) in [5, 5.41) is 8.45. The van der Waals surface area contributed by atoms with E-state index in [1.54, 1.807) is 18.7 Å². The summed E-state index contributed by atoms with van der Waals surface area (Å²) < 4.78 is 24.3. The second-order valence-corrected chi connectivity index (χ2v) is 9.53. The van der Waals surface area contributed by atoms with Crippen LogP contribution in [-0.4, -0.2) is 78.1 Å². The average Bonchev–Trinajstić information content (AvgIpc) is 2.91. The predicted octanol–water partition coefficient (Wildman–Crippen LogP) is 0.256. The molecule has 0 aromatic heterocycles. The Bertz CT molecular complexity index is 498. The molecule has 1 saturated carbocycles. The summed E-state index contributed by atoms with van der Waals surface area (Å²) in [6.45, 7) is 7.21. The lowest BCUT2D eigenvalue weighted by Crippen LogP contribution is -2.56. The van der Waals surface area contributed by atoms with Gasteiger partial charge in [0.05, 0.1) is 11.4 Å². The quantitative estimate of drug-likeness (QED) is 0.799. The van der Waals surface area contributed by atoms with Gasteiger partial charge in [0.1, 0.15) is 5.25 Å². The van der Waals surface area contributed by atoms with Crippen LogP contribution in [0.5, 0.6) is 0 Å². The fraction of sp³-hybridized carbons (Fsp3) is 0.933. The highest BCUT2D eigenvalue weighted by atomic mass is 32.2. The summed E-state index contributed by atoms with van der Waals surface area (Å²) >= 11 is 0. The van der Waals surface area contributed by atoms with Crippen molar-refractivity contribution in [3.05, 3.63) is 0 Å². The van der Waals surface area contributed by atoms with Crippen LogP contribution in [0.3, 0.4) is 0 Å². The Morgan fingerprint density at radius 1 is 1.09 bits per heavy atom. The van der Waals surface area contributed by atoms with E-state index in [2.05, 4.69) is 4.90 Å². The molecule has 1 amide bonds. The third-order valence-electron chi connectivity index (χ3n) is 5.04. The highest BCUT2D eigenvalue weighted by Crippen LogP contribution is 2.25. The van der Waals surface area contributed by atoms with Crippen molar-refractivity contribution in [3.8, 4) is 0 Å². The Hall–Kier alpha value is -0.660. The summed E-state index contributed by atoms with van der Waals surface area (Å²) in [5.74, 6) is -0.291. The fourth-order valence-corrected chi connectivity index (χ4v) is 4.67. The number of rotatable bonds is 4. The van der Waals surface area contributed by atoms with Crippen molar-refractivity contribution in [2.24, 2.45) is 0 Å². The molecular weight excluding hydrogens is 304 g/mol. The van der Waals surface area contributed by atoms with E-state index < -0.39 is 20.3 Å². The van der Waals surface area contributed by atoms with Gasteiger partial charge in [-0.25, -0.2) is 8.42 Å². The van der Waals surface area contributed by atoms with E-state index >= 15 is 0 Å². The highest BCUT2D eigenvalue weighted by molar-refractivity contribution is 7.93. The van der Waals surface area contributed by atoms with E-state index in [1.807, 2.05) is 0 Å². The molecule has 128 valence electrons. The van der Waals surface area contributed by atoms with E-state index in [-0.39, 0.29) is 18.1 Å². The number of piperazine rings is 1. The molecule has 1 saturated heterocycles. The zero-order valence-electron chi connectivity index (χ0n) is 13.7. The van der Waals surface area contributed by atoms with Gasteiger partial charge in [0.2, 0.25) is 5.91 Å². The van der Waals surface area contributed by atoms with Crippen LogP contribution in [0.15, 0.2) is 0 Å². The van der Waals surface area contributed by atoms with Gasteiger partial charge in [-0.2, -0.15) is 0 Å². The normalized spacial score (nSPS) is 29.0. The Morgan fingerprint density at radius 3 is 2.14 bits per heavy atom. The summed E-state index contributed by atoms with van der Waals surface area (Å²) in [4.78, 5) is 16.3. The van der Waals surface area contributed by atoms with Gasteiger partial charge in [-0.1, -0.05) is 0 Å². The van der Waals surface area contributed by atoms with Crippen molar-refractivity contribution >= 4 is 15.7 Å². The van der Waals surface area contributed by atoms with Gasteiger partial charge >= 0.3 is 0 Å². The van der Waals surface area contributed by atoms with Crippen LogP contribution in [0.4, 0.5) is 0 Å². The zero-order valence-corrected chi connectivity index (χ0v) is 14.6. The van der Waals surface area contributed by atoms with Gasteiger partial charge in [0.25, 0.3) is 0 Å². The van der Waals surface area contributed by atoms with E-state index in [0.29, 0.717) is 26.2 Å². The molecule has 2 aliphatic rings. The third-order valence-corrected chi connectivity index (χ3v) is 7.54. The first-order valence-corrected chi connectivity index (χ1v) is 9.79. The van der Waals surface area contributed by atoms with Crippen molar-refractivity contribution in [1.29, 1.82) is 0 Å². The third kappa shape index (κ3) is 3.46. The first-order chi connectivity index (χ1) is 10.2. The van der Waals surface area contributed by atoms with Crippen LogP contribution in [0.1, 0.15) is 40.0 Å². The summed E-state index contributed by atoms with van der Waals surface area (Å²) in [6, 6.07) is 0.203. The van der Waals surface area contributed by atoms with Crippen LogP contribution in [-0.2, 0) is 14.6 Å². The van der Waals surface area contributed by atoms with Crippen molar-refractivity contribution < 1.29 is 18.3 Å². The summed E-state index contributed by atoms with van der Waals surface area (Å²) in [5.41, 5.74) is 0. The number of aliphatic hydroxyl groups excluding tert-OH is 1. The van der Waals surface area contributed by atoms with Crippen molar-refractivity contribution in [3.63, 3.8) is 0 Å². The van der Waals surface area contributed by atoms with Crippen LogP contribution >= 0.6 is 0 Å². The number of nitrogens with zero attached hydrogens (tertiary/aromatic N) is 2. The Labute approximate surface area is 133 Å². The molecular formula is C15H28N2O4S. The van der Waals surface area contributed by atoms with Crippen molar-refractivity contribution in [1.82, 2.24) is 9.80 Å². The van der Waals surface area contributed by atoms with E-state index in [4.69, 9.17) is 0 Å². The lowest BCUT2D eigenvalue weighted by Gasteiger charge is -2.39. The minimum absolute atomic E-state index is 0.203. The maximum Gasteiger partial charge on any atom is 0.240 e. The van der Waals surface area contributed by atoms with Gasteiger partial charge in [0, 0.05) is 32.2 Å². The Balaban J connectivity index is 1.92. The van der Waals surface area contributed by atoms with E-state index in [9.17, 15) is 18.3 Å². The maximum absolute atomic E-state index is 12.4. The lowest BCUT2D eigenvalue weighted by molar-refractivity contribution is -0.132. The second kappa shape index (κ2) is 6.84. The summed E-state index contributed by atoms with van der Waals surface area (Å²) in [7, 11) is -3.41. The lowest BCUT2D eigenvalue weighted by atomic mass is 10.1. The first-order valence-electron chi connectivity index (χ1n) is 8.18. The molecule has 0 spiro atoms. The molecule has 1 N–H and O–H groups in total. The molecule has 1 heterocycles. The highest BCUT2D eigenvalue weighted by Gasteiger charge is 2.37. The minimum atomic E-state index is -3.41. The van der Waals surface area contributed by atoms with E-state index in [0.717, 1.165) is 19.3 Å². The molecule has 0 aromatic carbocycles. The minimum Gasteiger partial charge on any atom is -0.391 e. The molecule has 3 atom stereocenters. The van der Waals surface area contributed by atoms with Gasteiger partial charge in [-0.3, -0.25) is 9.69 Å². The van der Waals surface area contributed by atoms with E-state index in [1.165, 1.54) is 6.92 Å². The molecule has 0 bridgehead atoms. The molecule has 0 unspecified atom stereocenters. The molecule has 2 rings (SSSR count). The van der Waals surface area contributed by atoms with Gasteiger partial charge in [0.15, 0.2) is 9.84 Å². The van der Waals surface area contributed by atoms with Gasteiger partial charge < -0.3 is 10.0 Å². The number of aliphatic hydroxyl groups is 1. The van der Waals surface area contributed by atoms with Crippen molar-refractivity contribution in [2.75, 3.05) is 26.2 Å². The topological polar surface area (TPSA) is 77.9 Å². The number of amides is 1. The van der Waals surface area contributed by atoms with Crippen LogP contribution < -0.4 is 0 Å². The first kappa shape index (κ1) is 17.7. The van der Waals surface area contributed by atoms with Crippen LogP contribution in [0, 0.1) is 0 Å². The fourth-order valence-electron chi connectivity index (χ4n) is 3.43. The van der Waals surface area contributed by atoms with Gasteiger partial charge in [-0.15, -0.1) is 0 Å². The average molecular weight is 332 g/mol. The Morgan fingerprint density at radius 2 is 1.68 bits per heavy atom. The smallest absolute Gasteiger partial charge is 0.240 e.